The number of para-hydroxylation sites is 1. The van der Waals surface area contributed by atoms with Crippen molar-refractivity contribution in [3.05, 3.63) is 101 Å². The molecule has 0 spiro atoms. The van der Waals surface area contributed by atoms with Crippen molar-refractivity contribution in [3.8, 4) is 0 Å². The third-order valence-electron chi connectivity index (χ3n) is 5.67. The molecule has 5 nitrogen and oxygen atoms in total. The van der Waals surface area contributed by atoms with Crippen molar-refractivity contribution in [1.82, 2.24) is 9.88 Å². The first-order chi connectivity index (χ1) is 15.5. The molecular weight excluding hydrogens is 405 g/mol. The highest BCUT2D eigenvalue weighted by Crippen LogP contribution is 2.36. The molecule has 3 aromatic rings. The van der Waals surface area contributed by atoms with E-state index >= 15 is 0 Å². The fourth-order valence-electron chi connectivity index (χ4n) is 3.96. The van der Waals surface area contributed by atoms with E-state index in [1.807, 2.05) is 43.0 Å². The predicted molar refractivity (Wildman–Crippen MR) is 122 cm³/mol. The number of rotatable bonds is 7. The lowest BCUT2D eigenvalue weighted by Crippen LogP contribution is -2.36. The summed E-state index contributed by atoms with van der Waals surface area (Å²) < 4.78 is 13.6. The maximum Gasteiger partial charge on any atom is 0.282 e. The van der Waals surface area contributed by atoms with Crippen molar-refractivity contribution in [2.45, 2.75) is 20.3 Å². The molecule has 0 atom stereocenters. The number of anilines is 1. The predicted octanol–water partition coefficient (Wildman–Crippen LogP) is 4.38. The lowest BCUT2D eigenvalue weighted by molar-refractivity contribution is -0.120. The minimum absolute atomic E-state index is 0.301. The molecule has 2 amide bonds. The standard InChI is InChI=1S/C26H24FN3O2/c1-3-29(17-14-19-12-15-28-16-13-19)24-23(20-8-10-21(27)11-9-20)25(31)30(26(24)32)22-7-5-4-6-18(22)2/h4-13,15-16H,3,14,17H2,1-2H3. The maximum absolute atomic E-state index is 13.7. The molecule has 2 heterocycles. The summed E-state index contributed by atoms with van der Waals surface area (Å²) in [6, 6.07) is 16.9. The third-order valence-corrected chi connectivity index (χ3v) is 5.67. The molecule has 1 aliphatic rings. The Kier molecular flexibility index (Phi) is 6.12. The van der Waals surface area contributed by atoms with Crippen LogP contribution in [-0.2, 0) is 16.0 Å². The number of pyridine rings is 1. The van der Waals surface area contributed by atoms with Crippen LogP contribution in [0, 0.1) is 12.7 Å². The second-order valence-electron chi connectivity index (χ2n) is 7.65. The number of carbonyl (C=O) groups excluding carboxylic acids is 2. The molecule has 2 aromatic carbocycles. The lowest BCUT2D eigenvalue weighted by Gasteiger charge is -2.25. The first kappa shape index (κ1) is 21.4. The molecule has 0 bridgehead atoms. The fraction of sp³-hybridized carbons (Fsp3) is 0.192. The van der Waals surface area contributed by atoms with Gasteiger partial charge in [-0.05, 0) is 67.3 Å². The van der Waals surface area contributed by atoms with Crippen LogP contribution in [0.25, 0.3) is 5.57 Å². The summed E-state index contributed by atoms with van der Waals surface area (Å²) in [5, 5.41) is 0. The van der Waals surface area contributed by atoms with Crippen LogP contribution >= 0.6 is 0 Å². The van der Waals surface area contributed by atoms with E-state index in [9.17, 15) is 14.0 Å². The van der Waals surface area contributed by atoms with E-state index in [-0.39, 0.29) is 5.91 Å². The Hall–Kier alpha value is -3.80. The molecule has 0 fully saturated rings. The summed E-state index contributed by atoms with van der Waals surface area (Å²) in [6.45, 7) is 4.93. The Balaban J connectivity index is 1.77. The van der Waals surface area contributed by atoms with Crippen molar-refractivity contribution in [3.63, 3.8) is 0 Å². The number of hydrogen-bond acceptors (Lipinski definition) is 4. The van der Waals surface area contributed by atoms with E-state index in [1.165, 1.54) is 17.0 Å². The molecule has 6 heteroatoms. The van der Waals surface area contributed by atoms with E-state index in [2.05, 4.69) is 4.98 Å². The Morgan fingerprint density at radius 2 is 1.62 bits per heavy atom. The van der Waals surface area contributed by atoms with Gasteiger partial charge in [-0.2, -0.15) is 0 Å². The van der Waals surface area contributed by atoms with E-state index in [0.717, 1.165) is 11.1 Å². The number of amides is 2. The first-order valence-corrected chi connectivity index (χ1v) is 10.6. The molecule has 0 radical (unpaired) electrons. The summed E-state index contributed by atoms with van der Waals surface area (Å²) in [5.41, 5.74) is 3.65. The number of halogens is 1. The van der Waals surface area contributed by atoms with Gasteiger partial charge in [-0.25, -0.2) is 9.29 Å². The van der Waals surface area contributed by atoms with E-state index in [1.54, 1.807) is 36.7 Å². The monoisotopic (exact) mass is 429 g/mol. The zero-order valence-electron chi connectivity index (χ0n) is 18.1. The highest BCUT2D eigenvalue weighted by Gasteiger charge is 2.42. The average molecular weight is 429 g/mol. The summed E-state index contributed by atoms with van der Waals surface area (Å²) in [5.74, 6) is -1.15. The largest absolute Gasteiger partial charge is 0.366 e. The normalized spacial score (nSPS) is 13.8. The van der Waals surface area contributed by atoms with Crippen LogP contribution in [0.1, 0.15) is 23.6 Å². The van der Waals surface area contributed by atoms with Crippen molar-refractivity contribution in [2.75, 3.05) is 18.0 Å². The van der Waals surface area contributed by atoms with Gasteiger partial charge in [0.1, 0.15) is 11.5 Å². The number of imide groups is 1. The second kappa shape index (κ2) is 9.14. The number of aromatic nitrogens is 1. The van der Waals surface area contributed by atoms with Crippen molar-refractivity contribution < 1.29 is 14.0 Å². The Morgan fingerprint density at radius 1 is 0.938 bits per heavy atom. The topological polar surface area (TPSA) is 53.5 Å². The molecule has 0 unspecified atom stereocenters. The molecule has 162 valence electrons. The van der Waals surface area contributed by atoms with Gasteiger partial charge in [0.25, 0.3) is 11.8 Å². The zero-order valence-corrected chi connectivity index (χ0v) is 18.1. The Labute approximate surface area is 186 Å². The number of hydrogen-bond donors (Lipinski definition) is 0. The van der Waals surface area contributed by atoms with Crippen molar-refractivity contribution in [2.24, 2.45) is 0 Å². The number of benzene rings is 2. The summed E-state index contributed by atoms with van der Waals surface area (Å²) in [7, 11) is 0. The summed E-state index contributed by atoms with van der Waals surface area (Å²) in [4.78, 5) is 34.4. The van der Waals surface area contributed by atoms with E-state index in [4.69, 9.17) is 0 Å². The highest BCUT2D eigenvalue weighted by atomic mass is 19.1. The van der Waals surface area contributed by atoms with Gasteiger partial charge in [-0.1, -0.05) is 30.3 Å². The zero-order chi connectivity index (χ0) is 22.7. The van der Waals surface area contributed by atoms with Crippen LogP contribution in [0.4, 0.5) is 10.1 Å². The first-order valence-electron chi connectivity index (χ1n) is 10.6. The molecule has 4 rings (SSSR count). The summed E-state index contributed by atoms with van der Waals surface area (Å²) in [6.07, 6.45) is 4.17. The van der Waals surface area contributed by atoms with Gasteiger partial charge in [0, 0.05) is 25.5 Å². The number of aryl methyl sites for hydroxylation is 1. The van der Waals surface area contributed by atoms with E-state index < -0.39 is 11.7 Å². The van der Waals surface area contributed by atoms with Crippen LogP contribution in [0.3, 0.4) is 0 Å². The summed E-state index contributed by atoms with van der Waals surface area (Å²) >= 11 is 0. The third kappa shape index (κ3) is 4.04. The molecule has 0 saturated heterocycles. The van der Waals surface area contributed by atoms with Gasteiger partial charge in [0.05, 0.1) is 11.3 Å². The van der Waals surface area contributed by atoms with Crippen LogP contribution in [-0.4, -0.2) is 34.8 Å². The fourth-order valence-corrected chi connectivity index (χ4v) is 3.96. The van der Waals surface area contributed by atoms with Crippen molar-refractivity contribution in [1.29, 1.82) is 0 Å². The molecular formula is C26H24FN3O2. The maximum atomic E-state index is 13.7. The van der Waals surface area contributed by atoms with Crippen molar-refractivity contribution >= 4 is 23.1 Å². The quantitative estimate of drug-likeness (QED) is 0.523. The molecule has 32 heavy (non-hydrogen) atoms. The van der Waals surface area contributed by atoms with Crippen LogP contribution in [0.15, 0.2) is 78.8 Å². The minimum atomic E-state index is -0.395. The average Bonchev–Trinajstić information content (AvgIpc) is 3.06. The second-order valence-corrected chi connectivity index (χ2v) is 7.65. The SMILES string of the molecule is CCN(CCc1ccncc1)C1=C(c2ccc(F)cc2)C(=O)N(c2ccccc2C)C1=O. The molecule has 0 aliphatic carbocycles. The van der Waals surface area contributed by atoms with Gasteiger partial charge in [-0.15, -0.1) is 0 Å². The van der Waals surface area contributed by atoms with E-state index in [0.29, 0.717) is 42.0 Å². The number of carbonyl (C=O) groups is 2. The molecule has 1 aromatic heterocycles. The van der Waals surface area contributed by atoms with Gasteiger partial charge in [0.2, 0.25) is 0 Å². The van der Waals surface area contributed by atoms with Gasteiger partial charge < -0.3 is 4.90 Å². The van der Waals surface area contributed by atoms with Gasteiger partial charge in [0.15, 0.2) is 0 Å². The lowest BCUT2D eigenvalue weighted by atomic mass is 10.0. The minimum Gasteiger partial charge on any atom is -0.366 e. The van der Waals surface area contributed by atoms with Crippen LogP contribution in [0.5, 0.6) is 0 Å². The molecule has 1 aliphatic heterocycles. The molecule has 0 N–H and O–H groups in total. The van der Waals surface area contributed by atoms with Crippen LogP contribution in [0.2, 0.25) is 0 Å². The van der Waals surface area contributed by atoms with Crippen LogP contribution < -0.4 is 4.90 Å². The Morgan fingerprint density at radius 3 is 2.28 bits per heavy atom. The highest BCUT2D eigenvalue weighted by molar-refractivity contribution is 6.45. The van der Waals surface area contributed by atoms with Gasteiger partial charge >= 0.3 is 0 Å². The number of likely N-dealkylation sites (N-methyl/N-ethyl adjacent to an activating group) is 1. The van der Waals surface area contributed by atoms with Gasteiger partial charge in [-0.3, -0.25) is 14.6 Å². The smallest absolute Gasteiger partial charge is 0.282 e. The number of nitrogens with zero attached hydrogens (tertiary/aromatic N) is 3. The Bertz CT molecular complexity index is 1170. The molecule has 0 saturated carbocycles.